The molecule has 0 aliphatic rings. The molecule has 0 heterocycles. The number of nitrogens with two attached hydrogens (primary N) is 2. The molecule has 0 aromatic heterocycles. The van der Waals surface area contributed by atoms with Gasteiger partial charge in [-0.05, 0) is 12.1 Å². The molecule has 4 N–H and O–H groups in total. The fourth-order valence-electron chi connectivity index (χ4n) is 1.56. The second kappa shape index (κ2) is 10.6. The van der Waals surface area contributed by atoms with E-state index in [2.05, 4.69) is 4.74 Å². The molecule has 0 saturated carbocycles. The maximum Gasteiger partial charge on any atom is 0.307 e. The summed E-state index contributed by atoms with van der Waals surface area (Å²) in [4.78, 5) is 9.40. The number of anilines is 2. The summed E-state index contributed by atoms with van der Waals surface area (Å²) in [6, 6.07) is 5.81. The van der Waals surface area contributed by atoms with Crippen LogP contribution in [0.3, 0.4) is 0 Å². The predicted octanol–water partition coefficient (Wildman–Crippen LogP) is 4.01. The number of benzene rings is 2. The zero-order valence-corrected chi connectivity index (χ0v) is 12.4. The molecule has 0 atom stereocenters. The molecule has 2 aromatic carbocycles. The van der Waals surface area contributed by atoms with E-state index >= 15 is 0 Å². The van der Waals surface area contributed by atoms with Gasteiger partial charge >= 0.3 is 5.69 Å². The minimum atomic E-state index is -0.962. The normalized spacial score (nSPS) is 8.80. The molecule has 2 aromatic rings. The van der Waals surface area contributed by atoms with Crippen molar-refractivity contribution in [2.24, 2.45) is 0 Å². The Hall–Kier alpha value is -3.10. The fourth-order valence-corrected chi connectivity index (χ4v) is 1.56. The largest absolute Gasteiger partial charge is 0.494 e. The summed E-state index contributed by atoms with van der Waals surface area (Å²) in [5.74, 6) is -0.842. The molecular formula is C16H23F2N3O4. The second-order valence-corrected chi connectivity index (χ2v) is 4.19. The molecule has 0 spiro atoms. The Kier molecular flexibility index (Phi) is 10.3. The van der Waals surface area contributed by atoms with Crippen LogP contribution in [0.2, 0.25) is 0 Å². The average Bonchev–Trinajstić information content (AvgIpc) is 2.51. The lowest BCUT2D eigenvalue weighted by Gasteiger charge is -2.03. The van der Waals surface area contributed by atoms with Crippen LogP contribution in [-0.2, 0) is 0 Å². The van der Waals surface area contributed by atoms with Gasteiger partial charge in [-0.15, -0.1) is 0 Å². The van der Waals surface area contributed by atoms with Crippen LogP contribution in [0, 0.1) is 21.7 Å². The molecule has 0 saturated heterocycles. The quantitative estimate of drug-likeness (QED) is 0.486. The van der Waals surface area contributed by atoms with Gasteiger partial charge in [0.2, 0.25) is 5.82 Å². The number of nitro groups is 1. The average molecular weight is 359 g/mol. The van der Waals surface area contributed by atoms with Crippen LogP contribution in [0.25, 0.3) is 0 Å². The molecule has 0 bridgehead atoms. The summed E-state index contributed by atoms with van der Waals surface area (Å²) in [7, 11) is 2.75. The summed E-state index contributed by atoms with van der Waals surface area (Å²) < 4.78 is 34.7. The van der Waals surface area contributed by atoms with Crippen molar-refractivity contribution in [1.82, 2.24) is 0 Å². The van der Waals surface area contributed by atoms with E-state index in [4.69, 9.17) is 16.2 Å². The number of halogens is 2. The smallest absolute Gasteiger partial charge is 0.307 e. The van der Waals surface area contributed by atoms with Gasteiger partial charge in [0.1, 0.15) is 17.3 Å². The van der Waals surface area contributed by atoms with Gasteiger partial charge in [-0.2, -0.15) is 4.39 Å². The van der Waals surface area contributed by atoms with Gasteiger partial charge in [-0.1, -0.05) is 14.9 Å². The first-order chi connectivity index (χ1) is 10.8. The molecule has 0 aliphatic heterocycles. The Morgan fingerprint density at radius 2 is 1.48 bits per heavy atom. The Labute approximate surface area is 145 Å². The predicted molar refractivity (Wildman–Crippen MR) is 94.8 cm³/mol. The van der Waals surface area contributed by atoms with E-state index < -0.39 is 16.4 Å². The lowest BCUT2D eigenvalue weighted by atomic mass is 10.2. The number of ether oxygens (including phenoxy) is 2. The number of rotatable bonds is 3. The highest BCUT2D eigenvalue weighted by molar-refractivity contribution is 5.58. The Balaban J connectivity index is 0. The molecule has 0 fully saturated rings. The maximum absolute atomic E-state index is 12.9. The van der Waals surface area contributed by atoms with E-state index in [1.165, 1.54) is 32.4 Å². The number of hydrogen-bond acceptors (Lipinski definition) is 6. The Bertz CT molecular complexity index is 712. The topological polar surface area (TPSA) is 114 Å². The molecule has 7 nitrogen and oxygen atoms in total. The third-order valence-corrected chi connectivity index (χ3v) is 2.69. The van der Waals surface area contributed by atoms with Crippen molar-refractivity contribution in [2.75, 3.05) is 25.7 Å². The first-order valence-corrected chi connectivity index (χ1v) is 6.16. The molecular weight excluding hydrogens is 336 g/mol. The standard InChI is InChI=1S/C7H7FN2O3.C7H8FNO.2CH4/c1-13-7-2-4(8)6(10(11)12)3-5(7)9;1-10-7-4-5(8)2-3-6(7)9;;/h2-3H,9H2,1H3;2-4H,9H2,1H3;2*1H4. The minimum absolute atomic E-state index is 0. The monoisotopic (exact) mass is 359 g/mol. The van der Waals surface area contributed by atoms with E-state index in [-0.39, 0.29) is 32.1 Å². The van der Waals surface area contributed by atoms with Crippen molar-refractivity contribution in [3.05, 3.63) is 52.1 Å². The van der Waals surface area contributed by atoms with Gasteiger partial charge < -0.3 is 20.9 Å². The highest BCUT2D eigenvalue weighted by Crippen LogP contribution is 2.29. The fraction of sp³-hybridized carbons (Fsp3) is 0.250. The van der Waals surface area contributed by atoms with Gasteiger partial charge in [0, 0.05) is 18.2 Å². The first-order valence-electron chi connectivity index (χ1n) is 6.16. The summed E-state index contributed by atoms with van der Waals surface area (Å²) in [6.45, 7) is 0. The highest BCUT2D eigenvalue weighted by atomic mass is 19.1. The van der Waals surface area contributed by atoms with Crippen molar-refractivity contribution in [1.29, 1.82) is 0 Å². The number of methoxy groups -OCH3 is 2. The minimum Gasteiger partial charge on any atom is -0.494 e. The van der Waals surface area contributed by atoms with E-state index in [1.54, 1.807) is 0 Å². The van der Waals surface area contributed by atoms with Crippen molar-refractivity contribution in [2.45, 2.75) is 14.9 Å². The molecule has 0 aliphatic carbocycles. The van der Waals surface area contributed by atoms with Gasteiger partial charge in [-0.3, -0.25) is 10.1 Å². The lowest BCUT2D eigenvalue weighted by Crippen LogP contribution is -1.98. The van der Waals surface area contributed by atoms with E-state index in [9.17, 15) is 18.9 Å². The molecule has 140 valence electrons. The third-order valence-electron chi connectivity index (χ3n) is 2.69. The van der Waals surface area contributed by atoms with Crippen LogP contribution < -0.4 is 20.9 Å². The summed E-state index contributed by atoms with van der Waals surface area (Å²) >= 11 is 0. The summed E-state index contributed by atoms with van der Waals surface area (Å²) in [5.41, 5.74) is 10.6. The zero-order chi connectivity index (χ0) is 17.6. The van der Waals surface area contributed by atoms with Gasteiger partial charge in [0.15, 0.2) is 0 Å². The van der Waals surface area contributed by atoms with Crippen LogP contribution in [0.15, 0.2) is 30.3 Å². The van der Waals surface area contributed by atoms with Crippen LogP contribution in [-0.4, -0.2) is 19.1 Å². The molecule has 0 radical (unpaired) electrons. The maximum atomic E-state index is 12.9. The van der Waals surface area contributed by atoms with E-state index in [1.807, 2.05) is 0 Å². The number of hydrogen-bond donors (Lipinski definition) is 2. The number of nitrogens with zero attached hydrogens (tertiary/aromatic N) is 1. The number of nitrogen functional groups attached to an aromatic ring is 2. The van der Waals surface area contributed by atoms with E-state index in [0.717, 1.165) is 12.1 Å². The van der Waals surface area contributed by atoms with Crippen LogP contribution in [0.5, 0.6) is 11.5 Å². The molecule has 2 rings (SSSR count). The Morgan fingerprint density at radius 3 is 1.92 bits per heavy atom. The first kappa shape index (κ1) is 24.2. The SMILES string of the molecule is C.C.COc1cc(F)c([N+](=O)[O-])cc1N.COc1cc(F)ccc1N. The second-order valence-electron chi connectivity index (χ2n) is 4.19. The van der Waals surface area contributed by atoms with E-state index in [0.29, 0.717) is 11.4 Å². The van der Waals surface area contributed by atoms with Crippen molar-refractivity contribution < 1.29 is 23.2 Å². The van der Waals surface area contributed by atoms with Crippen molar-refractivity contribution in [3.8, 4) is 11.5 Å². The van der Waals surface area contributed by atoms with Gasteiger partial charge in [-0.25, -0.2) is 4.39 Å². The summed E-state index contributed by atoms with van der Waals surface area (Å²) in [6.07, 6.45) is 0. The molecule has 9 heteroatoms. The van der Waals surface area contributed by atoms with Gasteiger partial charge in [0.25, 0.3) is 0 Å². The lowest BCUT2D eigenvalue weighted by molar-refractivity contribution is -0.387. The zero-order valence-electron chi connectivity index (χ0n) is 12.4. The third kappa shape index (κ3) is 6.50. The molecule has 0 amide bonds. The highest BCUT2D eigenvalue weighted by Gasteiger charge is 2.17. The van der Waals surface area contributed by atoms with Gasteiger partial charge in [0.05, 0.1) is 30.5 Å². The molecule has 25 heavy (non-hydrogen) atoms. The van der Waals surface area contributed by atoms with Crippen LogP contribution in [0.4, 0.5) is 25.8 Å². The van der Waals surface area contributed by atoms with Crippen molar-refractivity contribution in [3.63, 3.8) is 0 Å². The summed E-state index contributed by atoms with van der Waals surface area (Å²) in [5, 5.41) is 10.2. The molecule has 0 unspecified atom stereocenters. The van der Waals surface area contributed by atoms with Crippen LogP contribution >= 0.6 is 0 Å². The Morgan fingerprint density at radius 1 is 0.960 bits per heavy atom. The number of nitro benzene ring substituents is 1. The van der Waals surface area contributed by atoms with Crippen LogP contribution in [0.1, 0.15) is 14.9 Å². The van der Waals surface area contributed by atoms with Crippen molar-refractivity contribution >= 4 is 17.1 Å².